The monoisotopic (exact) mass is 231 g/mol. The zero-order valence-electron chi connectivity index (χ0n) is 9.73. The first-order valence-corrected chi connectivity index (χ1v) is 6.46. The van der Waals surface area contributed by atoms with Gasteiger partial charge < -0.3 is 5.73 Å². The molecule has 0 amide bonds. The molecule has 0 unspecified atom stereocenters. The van der Waals surface area contributed by atoms with E-state index in [0.29, 0.717) is 5.92 Å². The fraction of sp³-hybridized carbons (Fsp3) is 0.286. The summed E-state index contributed by atoms with van der Waals surface area (Å²) in [5.74, 6) is 0.711. The predicted octanol–water partition coefficient (Wildman–Crippen LogP) is 4.20. The maximum Gasteiger partial charge on any atom is 0.0862 e. The molecule has 0 saturated heterocycles. The summed E-state index contributed by atoms with van der Waals surface area (Å²) in [5.41, 5.74) is 9.61. The standard InChI is InChI=1S/C14H17NS/c1-10(2)7-11-3-5-12(6-4-11)13-8-14(15)16-9-13/h3-6,8-10H,7,15H2,1-2H3. The van der Waals surface area contributed by atoms with Crippen molar-refractivity contribution >= 4 is 16.3 Å². The van der Waals surface area contributed by atoms with E-state index in [1.165, 1.54) is 16.7 Å². The Hall–Kier alpha value is -1.28. The van der Waals surface area contributed by atoms with Gasteiger partial charge in [-0.2, -0.15) is 0 Å². The van der Waals surface area contributed by atoms with Gasteiger partial charge in [0.2, 0.25) is 0 Å². The lowest BCUT2D eigenvalue weighted by Gasteiger charge is -2.05. The topological polar surface area (TPSA) is 26.0 Å². The predicted molar refractivity (Wildman–Crippen MR) is 72.7 cm³/mol. The van der Waals surface area contributed by atoms with Crippen molar-refractivity contribution in [3.8, 4) is 11.1 Å². The lowest BCUT2D eigenvalue weighted by atomic mass is 10.0. The van der Waals surface area contributed by atoms with Gasteiger partial charge in [0.1, 0.15) is 0 Å². The van der Waals surface area contributed by atoms with Crippen molar-refractivity contribution in [3.05, 3.63) is 41.3 Å². The Labute approximate surface area is 101 Å². The molecule has 0 aliphatic heterocycles. The number of rotatable bonds is 3. The summed E-state index contributed by atoms with van der Waals surface area (Å²) in [6.07, 6.45) is 1.14. The third-order valence-corrected chi connectivity index (χ3v) is 3.31. The van der Waals surface area contributed by atoms with Crippen molar-refractivity contribution in [2.24, 2.45) is 5.92 Å². The molecule has 0 bridgehead atoms. The molecule has 2 N–H and O–H groups in total. The highest BCUT2D eigenvalue weighted by molar-refractivity contribution is 7.14. The van der Waals surface area contributed by atoms with Crippen molar-refractivity contribution < 1.29 is 0 Å². The Bertz CT molecular complexity index is 454. The van der Waals surface area contributed by atoms with E-state index in [4.69, 9.17) is 5.73 Å². The molecule has 1 aromatic heterocycles. The second-order valence-electron chi connectivity index (χ2n) is 4.53. The first kappa shape index (κ1) is 11.2. The van der Waals surface area contributed by atoms with Crippen molar-refractivity contribution in [1.82, 2.24) is 0 Å². The minimum absolute atomic E-state index is 0.711. The van der Waals surface area contributed by atoms with Gasteiger partial charge in [0.25, 0.3) is 0 Å². The zero-order valence-corrected chi connectivity index (χ0v) is 10.6. The van der Waals surface area contributed by atoms with Crippen LogP contribution >= 0.6 is 11.3 Å². The van der Waals surface area contributed by atoms with Crippen LogP contribution in [0, 0.1) is 5.92 Å². The van der Waals surface area contributed by atoms with E-state index in [1.807, 2.05) is 6.07 Å². The quantitative estimate of drug-likeness (QED) is 0.842. The van der Waals surface area contributed by atoms with E-state index in [9.17, 15) is 0 Å². The van der Waals surface area contributed by atoms with Gasteiger partial charge in [0.05, 0.1) is 5.00 Å². The fourth-order valence-electron chi connectivity index (χ4n) is 1.81. The van der Waals surface area contributed by atoms with E-state index in [2.05, 4.69) is 43.5 Å². The summed E-state index contributed by atoms with van der Waals surface area (Å²) < 4.78 is 0. The van der Waals surface area contributed by atoms with Gasteiger partial charge in [0, 0.05) is 5.38 Å². The molecule has 0 aliphatic rings. The molecule has 0 spiro atoms. The molecule has 1 aromatic carbocycles. The number of hydrogen-bond acceptors (Lipinski definition) is 2. The summed E-state index contributed by atoms with van der Waals surface area (Å²) in [4.78, 5) is 0. The van der Waals surface area contributed by atoms with E-state index < -0.39 is 0 Å². The molecule has 0 aliphatic carbocycles. The van der Waals surface area contributed by atoms with Crippen LogP contribution in [0.5, 0.6) is 0 Å². The minimum atomic E-state index is 0.711. The molecule has 2 heteroatoms. The van der Waals surface area contributed by atoms with Gasteiger partial charge in [-0.05, 0) is 35.1 Å². The van der Waals surface area contributed by atoms with Gasteiger partial charge in [0.15, 0.2) is 0 Å². The lowest BCUT2D eigenvalue weighted by molar-refractivity contribution is 0.647. The Morgan fingerprint density at radius 3 is 2.31 bits per heavy atom. The summed E-state index contributed by atoms with van der Waals surface area (Å²) in [6.45, 7) is 4.49. The maximum absolute atomic E-state index is 5.73. The van der Waals surface area contributed by atoms with Crippen LogP contribution in [0.25, 0.3) is 11.1 Å². The lowest BCUT2D eigenvalue weighted by Crippen LogP contribution is -1.93. The number of hydrogen-bond donors (Lipinski definition) is 1. The van der Waals surface area contributed by atoms with Crippen LogP contribution < -0.4 is 5.73 Å². The van der Waals surface area contributed by atoms with Crippen LogP contribution in [-0.4, -0.2) is 0 Å². The number of benzene rings is 1. The second-order valence-corrected chi connectivity index (χ2v) is 5.48. The molecule has 84 valence electrons. The Balaban J connectivity index is 2.19. The van der Waals surface area contributed by atoms with Gasteiger partial charge >= 0.3 is 0 Å². The highest BCUT2D eigenvalue weighted by Crippen LogP contribution is 2.27. The number of anilines is 1. The Morgan fingerprint density at radius 1 is 1.12 bits per heavy atom. The number of thiophene rings is 1. The molecule has 1 nitrogen and oxygen atoms in total. The van der Waals surface area contributed by atoms with E-state index >= 15 is 0 Å². The first-order chi connectivity index (χ1) is 7.65. The molecule has 0 atom stereocenters. The van der Waals surface area contributed by atoms with E-state index in [-0.39, 0.29) is 0 Å². The molecular formula is C14H17NS. The SMILES string of the molecule is CC(C)Cc1ccc(-c2csc(N)c2)cc1. The summed E-state index contributed by atoms with van der Waals surface area (Å²) in [6, 6.07) is 10.8. The highest BCUT2D eigenvalue weighted by atomic mass is 32.1. The molecular weight excluding hydrogens is 214 g/mol. The smallest absolute Gasteiger partial charge is 0.0862 e. The molecule has 2 aromatic rings. The van der Waals surface area contributed by atoms with Crippen molar-refractivity contribution in [2.75, 3.05) is 5.73 Å². The van der Waals surface area contributed by atoms with Crippen molar-refractivity contribution in [2.45, 2.75) is 20.3 Å². The zero-order chi connectivity index (χ0) is 11.5. The number of nitrogen functional groups attached to an aromatic ring is 1. The van der Waals surface area contributed by atoms with Gasteiger partial charge in [-0.3, -0.25) is 0 Å². The molecule has 1 heterocycles. The van der Waals surface area contributed by atoms with Crippen molar-refractivity contribution in [1.29, 1.82) is 0 Å². The molecule has 16 heavy (non-hydrogen) atoms. The third kappa shape index (κ3) is 2.64. The molecule has 2 rings (SSSR count). The average molecular weight is 231 g/mol. The van der Waals surface area contributed by atoms with Gasteiger partial charge in [-0.25, -0.2) is 0 Å². The summed E-state index contributed by atoms with van der Waals surface area (Å²) >= 11 is 1.59. The van der Waals surface area contributed by atoms with E-state index in [1.54, 1.807) is 11.3 Å². The van der Waals surface area contributed by atoms with Crippen LogP contribution in [0.1, 0.15) is 19.4 Å². The largest absolute Gasteiger partial charge is 0.391 e. The third-order valence-electron chi connectivity index (χ3n) is 2.55. The van der Waals surface area contributed by atoms with Crippen molar-refractivity contribution in [3.63, 3.8) is 0 Å². The van der Waals surface area contributed by atoms with Crippen LogP contribution in [0.3, 0.4) is 0 Å². The molecule has 0 radical (unpaired) electrons. The van der Waals surface area contributed by atoms with Gasteiger partial charge in [-0.1, -0.05) is 38.1 Å². The normalized spacial score (nSPS) is 10.9. The average Bonchev–Trinajstić information content (AvgIpc) is 2.65. The maximum atomic E-state index is 5.73. The summed E-state index contributed by atoms with van der Waals surface area (Å²) in [5, 5.41) is 2.98. The van der Waals surface area contributed by atoms with Gasteiger partial charge in [-0.15, -0.1) is 11.3 Å². The summed E-state index contributed by atoms with van der Waals surface area (Å²) in [7, 11) is 0. The van der Waals surface area contributed by atoms with E-state index in [0.717, 1.165) is 11.4 Å². The Morgan fingerprint density at radius 2 is 1.81 bits per heavy atom. The van der Waals surface area contributed by atoms with Crippen LogP contribution in [0.4, 0.5) is 5.00 Å². The Kier molecular flexibility index (Phi) is 3.30. The second kappa shape index (κ2) is 4.71. The highest BCUT2D eigenvalue weighted by Gasteiger charge is 2.01. The molecule has 0 fully saturated rings. The first-order valence-electron chi connectivity index (χ1n) is 5.58. The van der Waals surface area contributed by atoms with Crippen LogP contribution in [0.15, 0.2) is 35.7 Å². The fourth-order valence-corrected chi connectivity index (χ4v) is 2.47. The van der Waals surface area contributed by atoms with Crippen LogP contribution in [-0.2, 0) is 6.42 Å². The van der Waals surface area contributed by atoms with Crippen LogP contribution in [0.2, 0.25) is 0 Å². The minimum Gasteiger partial charge on any atom is -0.391 e. The number of nitrogens with two attached hydrogens (primary N) is 1. The molecule has 0 saturated carbocycles.